The quantitative estimate of drug-likeness (QED) is 0.457. The highest BCUT2D eigenvalue weighted by Crippen LogP contribution is 2.35. The zero-order chi connectivity index (χ0) is 19.7. The molecule has 28 heavy (non-hydrogen) atoms. The third kappa shape index (κ3) is 3.57. The molecule has 5 N–H and O–H groups in total. The highest BCUT2D eigenvalue weighted by atomic mass is 16.7. The molecule has 6 atom stereocenters. The Labute approximate surface area is 161 Å². The third-order valence-corrected chi connectivity index (χ3v) is 5.49. The molecule has 1 aromatic heterocycles. The summed E-state index contributed by atoms with van der Waals surface area (Å²) in [7, 11) is 0. The van der Waals surface area contributed by atoms with E-state index in [1.807, 2.05) is 18.2 Å². The standard InChI is InChI=1S/C19H25N3O6/c23-9-14-16(24)17(25)18(26)19(28-14)27-13-8-21-22-12-5-1-4-11(15(12)13)10-3-2-6-20-7-10/h1,4-5,8,10,14,16-20,23-26H,2-3,6-7,9H2/t10-,14-,16-,17-,18-,19-/m1/s1. The lowest BCUT2D eigenvalue weighted by atomic mass is 9.89. The van der Waals surface area contributed by atoms with Gasteiger partial charge in [-0.1, -0.05) is 12.1 Å². The van der Waals surface area contributed by atoms with Crippen LogP contribution in [-0.4, -0.2) is 81.0 Å². The first-order valence-electron chi connectivity index (χ1n) is 9.52. The number of aliphatic hydroxyl groups is 4. The van der Waals surface area contributed by atoms with Crippen molar-refractivity contribution in [3.05, 3.63) is 30.0 Å². The number of aromatic nitrogens is 2. The average molecular weight is 391 g/mol. The number of nitrogens with zero attached hydrogens (tertiary/aromatic N) is 2. The number of ether oxygens (including phenoxy) is 2. The van der Waals surface area contributed by atoms with Gasteiger partial charge in [-0.05, 0) is 36.9 Å². The summed E-state index contributed by atoms with van der Waals surface area (Å²) in [5.74, 6) is 0.661. The molecule has 0 spiro atoms. The molecular formula is C19H25N3O6. The Morgan fingerprint density at radius 1 is 1.18 bits per heavy atom. The lowest BCUT2D eigenvalue weighted by Gasteiger charge is -2.39. The van der Waals surface area contributed by atoms with Crippen LogP contribution in [0.3, 0.4) is 0 Å². The van der Waals surface area contributed by atoms with Crippen LogP contribution in [-0.2, 0) is 4.74 Å². The Balaban J connectivity index is 1.68. The van der Waals surface area contributed by atoms with Crippen molar-refractivity contribution in [2.24, 2.45) is 0 Å². The van der Waals surface area contributed by atoms with Crippen molar-refractivity contribution in [2.45, 2.75) is 49.5 Å². The molecule has 2 saturated heterocycles. The summed E-state index contributed by atoms with van der Waals surface area (Å²) in [5.41, 5.74) is 1.73. The zero-order valence-corrected chi connectivity index (χ0v) is 15.3. The van der Waals surface area contributed by atoms with Gasteiger partial charge in [0, 0.05) is 11.9 Å². The number of nitrogens with one attached hydrogen (secondary N) is 1. The van der Waals surface area contributed by atoms with E-state index >= 15 is 0 Å². The summed E-state index contributed by atoms with van der Waals surface area (Å²) in [6.45, 7) is 1.33. The van der Waals surface area contributed by atoms with Gasteiger partial charge in [-0.25, -0.2) is 0 Å². The Hall–Kier alpha value is -1.88. The molecular weight excluding hydrogens is 366 g/mol. The van der Waals surface area contributed by atoms with E-state index in [2.05, 4.69) is 15.5 Å². The summed E-state index contributed by atoms with van der Waals surface area (Å²) in [4.78, 5) is 0. The molecule has 3 heterocycles. The number of rotatable bonds is 4. The van der Waals surface area contributed by atoms with E-state index < -0.39 is 37.3 Å². The van der Waals surface area contributed by atoms with E-state index in [1.165, 1.54) is 6.20 Å². The third-order valence-electron chi connectivity index (χ3n) is 5.49. The van der Waals surface area contributed by atoms with Crippen molar-refractivity contribution >= 4 is 10.9 Å². The van der Waals surface area contributed by atoms with Gasteiger partial charge in [0.1, 0.15) is 24.4 Å². The first-order chi connectivity index (χ1) is 13.6. The SMILES string of the molecule is OC[C@H]1O[C@@H](Oc2cnnc3cccc([C@@H]4CCCNC4)c23)[C@H](O)[C@H](O)[C@@H]1O. The average Bonchev–Trinajstić information content (AvgIpc) is 2.74. The summed E-state index contributed by atoms with van der Waals surface area (Å²) in [6, 6.07) is 5.79. The molecule has 9 nitrogen and oxygen atoms in total. The minimum Gasteiger partial charge on any atom is -0.460 e. The molecule has 0 unspecified atom stereocenters. The first-order valence-corrected chi connectivity index (χ1v) is 9.52. The van der Waals surface area contributed by atoms with Gasteiger partial charge in [-0.15, -0.1) is 0 Å². The molecule has 0 radical (unpaired) electrons. The van der Waals surface area contributed by atoms with Gasteiger partial charge in [0.2, 0.25) is 6.29 Å². The lowest BCUT2D eigenvalue weighted by Crippen LogP contribution is -2.60. The maximum atomic E-state index is 10.3. The summed E-state index contributed by atoms with van der Waals surface area (Å²) < 4.78 is 11.4. The molecule has 2 aromatic rings. The largest absolute Gasteiger partial charge is 0.460 e. The molecule has 152 valence electrons. The van der Waals surface area contributed by atoms with Gasteiger partial charge in [0.15, 0.2) is 5.75 Å². The van der Waals surface area contributed by atoms with Gasteiger partial charge < -0.3 is 35.2 Å². The number of hydrogen-bond donors (Lipinski definition) is 5. The van der Waals surface area contributed by atoms with Crippen LogP contribution in [0.5, 0.6) is 5.75 Å². The maximum Gasteiger partial charge on any atom is 0.229 e. The van der Waals surface area contributed by atoms with Crippen LogP contribution < -0.4 is 10.1 Å². The molecule has 1 aromatic carbocycles. The molecule has 2 fully saturated rings. The molecule has 9 heteroatoms. The molecule has 0 amide bonds. The molecule has 0 bridgehead atoms. The number of piperidine rings is 1. The van der Waals surface area contributed by atoms with E-state index in [0.717, 1.165) is 36.9 Å². The zero-order valence-electron chi connectivity index (χ0n) is 15.3. The van der Waals surface area contributed by atoms with E-state index in [1.54, 1.807) is 0 Å². The van der Waals surface area contributed by atoms with Crippen LogP contribution in [0.25, 0.3) is 10.9 Å². The predicted molar refractivity (Wildman–Crippen MR) is 98.8 cm³/mol. The fraction of sp³-hybridized carbons (Fsp3) is 0.579. The van der Waals surface area contributed by atoms with Crippen molar-refractivity contribution in [1.82, 2.24) is 15.5 Å². The monoisotopic (exact) mass is 391 g/mol. The fourth-order valence-electron chi connectivity index (χ4n) is 3.95. The second-order valence-electron chi connectivity index (χ2n) is 7.31. The Bertz CT molecular complexity index is 808. The second-order valence-corrected chi connectivity index (χ2v) is 7.31. The smallest absolute Gasteiger partial charge is 0.229 e. The van der Waals surface area contributed by atoms with Crippen LogP contribution in [0.15, 0.2) is 24.4 Å². The normalized spacial score (nSPS) is 33.7. The van der Waals surface area contributed by atoms with Crippen LogP contribution in [0.1, 0.15) is 24.3 Å². The van der Waals surface area contributed by atoms with E-state index in [0.29, 0.717) is 17.2 Å². The van der Waals surface area contributed by atoms with Crippen molar-refractivity contribution in [3.8, 4) is 5.75 Å². The Morgan fingerprint density at radius 3 is 2.79 bits per heavy atom. The first kappa shape index (κ1) is 19.4. The van der Waals surface area contributed by atoms with E-state index in [-0.39, 0.29) is 0 Å². The highest BCUT2D eigenvalue weighted by Gasteiger charge is 2.45. The van der Waals surface area contributed by atoms with Crippen molar-refractivity contribution in [2.75, 3.05) is 19.7 Å². The number of benzene rings is 1. The number of aliphatic hydroxyl groups excluding tert-OH is 4. The molecule has 4 rings (SSSR count). The van der Waals surface area contributed by atoms with Crippen molar-refractivity contribution in [3.63, 3.8) is 0 Å². The van der Waals surface area contributed by atoms with Gasteiger partial charge in [-0.2, -0.15) is 10.2 Å². The Morgan fingerprint density at radius 2 is 2.04 bits per heavy atom. The predicted octanol–water partition coefficient (Wildman–Crippen LogP) is -0.724. The van der Waals surface area contributed by atoms with Crippen LogP contribution >= 0.6 is 0 Å². The van der Waals surface area contributed by atoms with Crippen LogP contribution in [0.2, 0.25) is 0 Å². The van der Waals surface area contributed by atoms with Crippen LogP contribution in [0.4, 0.5) is 0 Å². The van der Waals surface area contributed by atoms with E-state index in [4.69, 9.17) is 9.47 Å². The van der Waals surface area contributed by atoms with Gasteiger partial charge in [0.05, 0.1) is 18.3 Å². The minimum absolute atomic E-state index is 0.291. The second kappa shape index (κ2) is 8.24. The summed E-state index contributed by atoms with van der Waals surface area (Å²) in [5, 5.41) is 52.0. The van der Waals surface area contributed by atoms with Crippen LogP contribution in [0, 0.1) is 0 Å². The summed E-state index contributed by atoms with van der Waals surface area (Å²) >= 11 is 0. The molecule has 0 aliphatic carbocycles. The highest BCUT2D eigenvalue weighted by molar-refractivity contribution is 5.88. The molecule has 2 aliphatic heterocycles. The number of fused-ring (bicyclic) bond motifs is 1. The van der Waals surface area contributed by atoms with Gasteiger partial charge in [0.25, 0.3) is 0 Å². The molecule has 2 aliphatic rings. The number of hydrogen-bond acceptors (Lipinski definition) is 9. The lowest BCUT2D eigenvalue weighted by molar-refractivity contribution is -0.277. The van der Waals surface area contributed by atoms with Gasteiger partial charge in [-0.3, -0.25) is 0 Å². The Kier molecular flexibility index (Phi) is 5.72. The summed E-state index contributed by atoms with van der Waals surface area (Å²) in [6.07, 6.45) is -3.16. The van der Waals surface area contributed by atoms with E-state index in [9.17, 15) is 20.4 Å². The maximum absolute atomic E-state index is 10.3. The fourth-order valence-corrected chi connectivity index (χ4v) is 3.95. The van der Waals surface area contributed by atoms with Crippen molar-refractivity contribution in [1.29, 1.82) is 0 Å². The van der Waals surface area contributed by atoms with Gasteiger partial charge >= 0.3 is 0 Å². The topological polar surface area (TPSA) is 137 Å². The minimum atomic E-state index is -1.50. The van der Waals surface area contributed by atoms with Crippen molar-refractivity contribution < 1.29 is 29.9 Å². The molecule has 0 saturated carbocycles.